The van der Waals surface area contributed by atoms with Crippen molar-refractivity contribution >= 4 is 27.1 Å². The predicted molar refractivity (Wildman–Crippen MR) is 95.3 cm³/mol. The van der Waals surface area contributed by atoms with Crippen molar-refractivity contribution < 1.29 is 17.9 Å². The van der Waals surface area contributed by atoms with Crippen LogP contribution < -0.4 is 9.64 Å². The van der Waals surface area contributed by atoms with E-state index in [0.717, 1.165) is 5.69 Å². The van der Waals surface area contributed by atoms with Crippen LogP contribution in [0.4, 0.5) is 24.0 Å². The van der Waals surface area contributed by atoms with E-state index in [1.165, 1.54) is 29.5 Å². The number of aromatic nitrogens is 4. The van der Waals surface area contributed by atoms with Crippen molar-refractivity contribution in [3.63, 3.8) is 0 Å². The van der Waals surface area contributed by atoms with Gasteiger partial charge in [0.25, 0.3) is 0 Å². The summed E-state index contributed by atoms with van der Waals surface area (Å²) >= 11 is 1.36. The summed E-state index contributed by atoms with van der Waals surface area (Å²) in [5, 5.41) is 5.23. The van der Waals surface area contributed by atoms with Crippen molar-refractivity contribution in [1.29, 1.82) is 0 Å². The highest BCUT2D eigenvalue weighted by Gasteiger charge is 2.31. The molecular formula is C17H12F3N5OS. The van der Waals surface area contributed by atoms with Crippen molar-refractivity contribution in [3.05, 3.63) is 55.0 Å². The number of nitrogens with zero attached hydrogens (tertiary/aromatic N) is 5. The van der Waals surface area contributed by atoms with Crippen LogP contribution in [-0.2, 0) is 0 Å². The molecule has 0 aliphatic carbocycles. The fourth-order valence-corrected chi connectivity index (χ4v) is 3.40. The maximum absolute atomic E-state index is 12.5. The standard InChI is InChI=1S/C17H12F3N5OS/c1-24(12-5-7-21-8-6-12)16-23-25-14(10-22-15(25)27-16)11-3-2-4-13(9-11)26-17(18,19)20/h2-10H,1H3. The number of fused-ring (bicyclic) bond motifs is 1. The summed E-state index contributed by atoms with van der Waals surface area (Å²) in [6.45, 7) is 0. The minimum absolute atomic E-state index is 0.292. The molecule has 3 aromatic heterocycles. The fraction of sp³-hybridized carbons (Fsp3) is 0.118. The third-order valence-electron chi connectivity index (χ3n) is 3.78. The van der Waals surface area contributed by atoms with Crippen LogP contribution in [0.5, 0.6) is 5.75 Å². The van der Waals surface area contributed by atoms with Gasteiger partial charge in [-0.25, -0.2) is 9.50 Å². The molecule has 4 rings (SSSR count). The summed E-state index contributed by atoms with van der Waals surface area (Å²) in [5.74, 6) is -0.292. The molecule has 0 saturated heterocycles. The summed E-state index contributed by atoms with van der Waals surface area (Å²) < 4.78 is 43.0. The molecule has 0 aliphatic rings. The molecule has 0 bridgehead atoms. The van der Waals surface area contributed by atoms with Crippen molar-refractivity contribution in [2.45, 2.75) is 6.36 Å². The van der Waals surface area contributed by atoms with Gasteiger partial charge in [0.2, 0.25) is 10.1 Å². The Balaban J connectivity index is 1.70. The highest BCUT2D eigenvalue weighted by Crippen LogP contribution is 2.32. The third kappa shape index (κ3) is 3.56. The molecule has 0 aliphatic heterocycles. The number of ether oxygens (including phenoxy) is 1. The van der Waals surface area contributed by atoms with Gasteiger partial charge in [-0.05, 0) is 24.3 Å². The molecule has 0 unspecified atom stereocenters. The number of anilines is 2. The van der Waals surface area contributed by atoms with Gasteiger partial charge in [0, 0.05) is 30.7 Å². The molecule has 0 fully saturated rings. The minimum Gasteiger partial charge on any atom is -0.406 e. The van der Waals surface area contributed by atoms with Crippen molar-refractivity contribution in [3.8, 4) is 17.0 Å². The first kappa shape index (κ1) is 17.3. The number of halogens is 3. The number of benzene rings is 1. The van der Waals surface area contributed by atoms with Crippen LogP contribution in [0.15, 0.2) is 55.0 Å². The van der Waals surface area contributed by atoms with E-state index in [1.54, 1.807) is 29.2 Å². The Kier molecular flexibility index (Phi) is 4.19. The zero-order valence-corrected chi connectivity index (χ0v) is 14.7. The van der Waals surface area contributed by atoms with Gasteiger partial charge in [-0.15, -0.1) is 18.3 Å². The lowest BCUT2D eigenvalue weighted by atomic mass is 10.1. The van der Waals surface area contributed by atoms with Crippen LogP contribution in [0.25, 0.3) is 16.2 Å². The molecule has 0 atom stereocenters. The van der Waals surface area contributed by atoms with Crippen molar-refractivity contribution in [1.82, 2.24) is 19.6 Å². The van der Waals surface area contributed by atoms with Crippen molar-refractivity contribution in [2.24, 2.45) is 0 Å². The molecule has 27 heavy (non-hydrogen) atoms. The number of hydrogen-bond acceptors (Lipinski definition) is 6. The van der Waals surface area contributed by atoms with Crippen LogP contribution in [0.2, 0.25) is 0 Å². The van der Waals surface area contributed by atoms with E-state index in [1.807, 2.05) is 24.1 Å². The first-order valence-electron chi connectivity index (χ1n) is 7.75. The Morgan fingerprint density at radius 3 is 2.67 bits per heavy atom. The number of alkyl halides is 3. The second-order valence-electron chi connectivity index (χ2n) is 5.56. The van der Waals surface area contributed by atoms with Gasteiger partial charge in [-0.3, -0.25) is 4.98 Å². The maximum atomic E-state index is 12.5. The lowest BCUT2D eigenvalue weighted by molar-refractivity contribution is -0.274. The van der Waals surface area contributed by atoms with Crippen LogP contribution in [0.3, 0.4) is 0 Å². The molecule has 0 saturated carbocycles. The summed E-state index contributed by atoms with van der Waals surface area (Å²) in [7, 11) is 1.87. The van der Waals surface area contributed by atoms with E-state index < -0.39 is 6.36 Å². The molecule has 10 heteroatoms. The Morgan fingerprint density at radius 2 is 1.93 bits per heavy atom. The number of imidazole rings is 1. The Bertz CT molecular complexity index is 1080. The molecule has 4 aromatic rings. The SMILES string of the molecule is CN(c1ccncc1)c1nn2c(-c3cccc(OC(F)(F)F)c3)cnc2s1. The van der Waals surface area contributed by atoms with Crippen LogP contribution in [0, 0.1) is 0 Å². The Labute approximate surface area is 155 Å². The second kappa shape index (κ2) is 6.54. The van der Waals surface area contributed by atoms with Gasteiger partial charge >= 0.3 is 6.36 Å². The number of pyridine rings is 1. The second-order valence-corrected chi connectivity index (χ2v) is 6.50. The van der Waals surface area contributed by atoms with E-state index in [9.17, 15) is 13.2 Å². The summed E-state index contributed by atoms with van der Waals surface area (Å²) in [6.07, 6.45) is 0.193. The summed E-state index contributed by atoms with van der Waals surface area (Å²) in [5.41, 5.74) is 2.00. The van der Waals surface area contributed by atoms with Crippen LogP contribution >= 0.6 is 11.3 Å². The molecule has 0 N–H and O–H groups in total. The topological polar surface area (TPSA) is 55.6 Å². The van der Waals surface area contributed by atoms with Crippen LogP contribution in [-0.4, -0.2) is 33.0 Å². The molecule has 3 heterocycles. The van der Waals surface area contributed by atoms with E-state index >= 15 is 0 Å². The van der Waals surface area contributed by atoms with Gasteiger partial charge < -0.3 is 9.64 Å². The van der Waals surface area contributed by atoms with Crippen LogP contribution in [0.1, 0.15) is 0 Å². The van der Waals surface area contributed by atoms with Gasteiger partial charge in [0.15, 0.2) is 0 Å². The minimum atomic E-state index is -4.74. The van der Waals surface area contributed by atoms with E-state index in [4.69, 9.17) is 0 Å². The quantitative estimate of drug-likeness (QED) is 0.512. The molecule has 138 valence electrons. The predicted octanol–water partition coefficient (Wildman–Crippen LogP) is 4.52. The smallest absolute Gasteiger partial charge is 0.406 e. The van der Waals surface area contributed by atoms with E-state index in [-0.39, 0.29) is 5.75 Å². The van der Waals surface area contributed by atoms with Gasteiger partial charge in [-0.1, -0.05) is 23.5 Å². The average molecular weight is 391 g/mol. The largest absolute Gasteiger partial charge is 0.573 e. The zero-order valence-electron chi connectivity index (χ0n) is 13.9. The maximum Gasteiger partial charge on any atom is 0.573 e. The number of hydrogen-bond donors (Lipinski definition) is 0. The lowest BCUT2D eigenvalue weighted by Gasteiger charge is -2.14. The average Bonchev–Trinajstić information content (AvgIpc) is 3.21. The molecule has 1 aromatic carbocycles. The normalized spacial score (nSPS) is 11.7. The lowest BCUT2D eigenvalue weighted by Crippen LogP contribution is -2.17. The van der Waals surface area contributed by atoms with Crippen molar-refractivity contribution in [2.75, 3.05) is 11.9 Å². The highest BCUT2D eigenvalue weighted by molar-refractivity contribution is 7.20. The summed E-state index contributed by atoms with van der Waals surface area (Å²) in [6, 6.07) is 9.43. The molecule has 0 amide bonds. The highest BCUT2D eigenvalue weighted by atomic mass is 32.1. The fourth-order valence-electron chi connectivity index (χ4n) is 2.55. The molecule has 6 nitrogen and oxygen atoms in total. The number of rotatable bonds is 4. The van der Waals surface area contributed by atoms with Gasteiger partial charge in [0.1, 0.15) is 5.75 Å². The van der Waals surface area contributed by atoms with E-state index in [0.29, 0.717) is 21.3 Å². The van der Waals surface area contributed by atoms with E-state index in [2.05, 4.69) is 19.8 Å². The van der Waals surface area contributed by atoms with Gasteiger partial charge in [-0.2, -0.15) is 0 Å². The molecule has 0 radical (unpaired) electrons. The first-order valence-corrected chi connectivity index (χ1v) is 8.57. The third-order valence-corrected chi connectivity index (χ3v) is 4.77. The summed E-state index contributed by atoms with van der Waals surface area (Å²) in [4.78, 5) is 10.8. The van der Waals surface area contributed by atoms with Gasteiger partial charge in [0.05, 0.1) is 11.9 Å². The Hall–Kier alpha value is -3.14. The zero-order chi connectivity index (χ0) is 19.0. The molecule has 0 spiro atoms. The monoisotopic (exact) mass is 391 g/mol. The first-order chi connectivity index (χ1) is 12.9. The molecular weight excluding hydrogens is 379 g/mol. The Morgan fingerprint density at radius 1 is 1.15 bits per heavy atom.